The maximum atomic E-state index is 14.6. The predicted octanol–water partition coefficient (Wildman–Crippen LogP) is 7.26. The zero-order valence-electron chi connectivity index (χ0n) is 18.7. The highest BCUT2D eigenvalue weighted by molar-refractivity contribution is 5.27. The van der Waals surface area contributed by atoms with Crippen LogP contribution < -0.4 is 4.74 Å². The number of ether oxygens (including phenoxy) is 3. The first-order valence-corrected chi connectivity index (χ1v) is 11.1. The van der Waals surface area contributed by atoms with Gasteiger partial charge in [-0.05, 0) is 43.4 Å². The first-order chi connectivity index (χ1) is 16.4. The molecule has 1 fully saturated rings. The molecule has 0 spiro atoms. The Hall–Kier alpha value is -2.40. The molecule has 2 aromatic rings. The van der Waals surface area contributed by atoms with Gasteiger partial charge in [-0.1, -0.05) is 25.8 Å². The van der Waals surface area contributed by atoms with E-state index in [1.807, 2.05) is 6.92 Å². The van der Waals surface area contributed by atoms with Crippen molar-refractivity contribution in [3.05, 3.63) is 64.7 Å². The summed E-state index contributed by atoms with van der Waals surface area (Å²) in [7, 11) is 0. The Labute approximate surface area is 197 Å². The van der Waals surface area contributed by atoms with Crippen molar-refractivity contribution >= 4 is 0 Å². The Morgan fingerprint density at radius 2 is 1.60 bits per heavy atom. The minimum atomic E-state index is -4.11. The highest BCUT2D eigenvalue weighted by atomic mass is 19.3. The first-order valence-electron chi connectivity index (χ1n) is 11.1. The minimum Gasteiger partial charge on any atom is -0.430 e. The van der Waals surface area contributed by atoms with E-state index in [0.29, 0.717) is 12.0 Å². The monoisotopic (exact) mass is 512 g/mol. The van der Waals surface area contributed by atoms with E-state index in [4.69, 9.17) is 4.74 Å². The van der Waals surface area contributed by atoms with Crippen LogP contribution in [0, 0.1) is 23.3 Å². The molecule has 3 rings (SSSR count). The second kappa shape index (κ2) is 11.1. The molecular formula is C24H24F8O3. The molecule has 0 saturated carbocycles. The number of rotatable bonds is 10. The van der Waals surface area contributed by atoms with Crippen molar-refractivity contribution in [1.82, 2.24) is 0 Å². The number of alkyl halides is 4. The van der Waals surface area contributed by atoms with Gasteiger partial charge in [0.1, 0.15) is 11.6 Å². The van der Waals surface area contributed by atoms with Crippen LogP contribution >= 0.6 is 0 Å². The summed E-state index contributed by atoms with van der Waals surface area (Å²) in [5, 5.41) is 0. The molecule has 2 unspecified atom stereocenters. The third-order valence-electron chi connectivity index (χ3n) is 5.55. The van der Waals surface area contributed by atoms with Gasteiger partial charge in [0, 0.05) is 12.1 Å². The molecule has 0 bridgehead atoms. The van der Waals surface area contributed by atoms with Crippen LogP contribution in [0.5, 0.6) is 5.75 Å². The van der Waals surface area contributed by atoms with Gasteiger partial charge in [-0.3, -0.25) is 0 Å². The molecule has 1 aliphatic rings. The largest absolute Gasteiger partial charge is 0.430 e. The highest BCUT2D eigenvalue weighted by Gasteiger charge is 2.48. The number of halogens is 8. The molecule has 0 radical (unpaired) electrons. The first kappa shape index (κ1) is 27.2. The van der Waals surface area contributed by atoms with E-state index in [9.17, 15) is 35.1 Å². The predicted molar refractivity (Wildman–Crippen MR) is 109 cm³/mol. The highest BCUT2D eigenvalue weighted by Crippen LogP contribution is 2.38. The summed E-state index contributed by atoms with van der Waals surface area (Å²) in [6, 6.07) is 3.83. The van der Waals surface area contributed by atoms with Crippen LogP contribution in [0.25, 0.3) is 0 Å². The van der Waals surface area contributed by atoms with Gasteiger partial charge in [0.25, 0.3) is 0 Å². The molecule has 35 heavy (non-hydrogen) atoms. The molecule has 2 aromatic carbocycles. The molecule has 3 nitrogen and oxygen atoms in total. The third-order valence-corrected chi connectivity index (χ3v) is 5.55. The Morgan fingerprint density at radius 3 is 2.17 bits per heavy atom. The quantitative estimate of drug-likeness (QED) is 0.191. The Balaban J connectivity index is 1.58. The molecule has 1 aliphatic heterocycles. The normalized spacial score (nSPS) is 19.1. The molecule has 11 heteroatoms. The van der Waals surface area contributed by atoms with Crippen LogP contribution in [0.4, 0.5) is 35.1 Å². The lowest BCUT2D eigenvalue weighted by Gasteiger charge is -2.34. The summed E-state index contributed by atoms with van der Waals surface area (Å²) in [6.07, 6.45) is -9.04. The second-order valence-corrected chi connectivity index (χ2v) is 8.29. The average molecular weight is 512 g/mol. The van der Waals surface area contributed by atoms with Crippen molar-refractivity contribution in [3.63, 3.8) is 0 Å². The van der Waals surface area contributed by atoms with Crippen LogP contribution in [-0.2, 0) is 22.0 Å². The maximum Gasteiger partial charge on any atom is 0.424 e. The molecular weight excluding hydrogens is 488 g/mol. The van der Waals surface area contributed by atoms with E-state index >= 15 is 0 Å². The Morgan fingerprint density at radius 1 is 0.914 bits per heavy atom. The lowest BCUT2D eigenvalue weighted by molar-refractivity contribution is -0.311. The fraction of sp³-hybridized carbons (Fsp3) is 0.500. The summed E-state index contributed by atoms with van der Waals surface area (Å²) in [5.41, 5.74) is -0.407. The summed E-state index contributed by atoms with van der Waals surface area (Å²) < 4.78 is 126. The summed E-state index contributed by atoms with van der Waals surface area (Å²) >= 11 is 0. The fourth-order valence-corrected chi connectivity index (χ4v) is 3.70. The number of hydrogen-bond donors (Lipinski definition) is 0. The standard InChI is InChI=1S/C24H24F8O3/c1-2-3-4-5-14-6-8-17(18(25)10-14)23(29,30)34-15-7-9-21(33-13-15)24(31,32)35-16-11-19(26)22(28)20(27)12-16/h6,8,10-12,15,21H,2-5,7,9,13H2,1H3. The van der Waals surface area contributed by atoms with Gasteiger partial charge < -0.3 is 14.2 Å². The van der Waals surface area contributed by atoms with Crippen molar-refractivity contribution in [2.45, 2.75) is 69.9 Å². The maximum absolute atomic E-state index is 14.6. The SMILES string of the molecule is CCCCCc1ccc(C(F)(F)OC2CCC(C(F)(F)Oc3cc(F)c(F)c(F)c3)OC2)c(F)c1. The summed E-state index contributed by atoms with van der Waals surface area (Å²) in [6.45, 7) is 1.31. The van der Waals surface area contributed by atoms with Crippen molar-refractivity contribution in [1.29, 1.82) is 0 Å². The summed E-state index contributed by atoms with van der Waals surface area (Å²) in [4.78, 5) is 0. The Kier molecular flexibility index (Phi) is 8.63. The molecule has 2 atom stereocenters. The van der Waals surface area contributed by atoms with Crippen LogP contribution in [0.2, 0.25) is 0 Å². The van der Waals surface area contributed by atoms with E-state index in [1.54, 1.807) is 0 Å². The molecule has 0 aromatic heterocycles. The fourth-order valence-electron chi connectivity index (χ4n) is 3.70. The topological polar surface area (TPSA) is 27.7 Å². The lowest BCUT2D eigenvalue weighted by Crippen LogP contribution is -2.47. The van der Waals surface area contributed by atoms with Gasteiger partial charge >= 0.3 is 12.2 Å². The van der Waals surface area contributed by atoms with E-state index in [1.165, 1.54) is 6.07 Å². The molecule has 194 valence electrons. The van der Waals surface area contributed by atoms with Crippen molar-refractivity contribution in [2.24, 2.45) is 0 Å². The molecule has 1 saturated heterocycles. The molecule has 0 amide bonds. The molecule has 0 aliphatic carbocycles. The van der Waals surface area contributed by atoms with Crippen LogP contribution in [0.1, 0.15) is 50.2 Å². The van der Waals surface area contributed by atoms with Crippen LogP contribution in [0.15, 0.2) is 30.3 Å². The number of unbranched alkanes of at least 4 members (excludes halogenated alkanes) is 2. The molecule has 1 heterocycles. The zero-order valence-corrected chi connectivity index (χ0v) is 18.7. The van der Waals surface area contributed by atoms with Crippen molar-refractivity contribution < 1.29 is 49.3 Å². The van der Waals surface area contributed by atoms with Crippen molar-refractivity contribution in [2.75, 3.05) is 6.61 Å². The summed E-state index contributed by atoms with van der Waals surface area (Å²) in [5.74, 6) is -7.42. The third kappa shape index (κ3) is 6.84. The lowest BCUT2D eigenvalue weighted by atomic mass is 10.0. The number of benzene rings is 2. The smallest absolute Gasteiger partial charge is 0.424 e. The van der Waals surface area contributed by atoms with Crippen molar-refractivity contribution in [3.8, 4) is 5.75 Å². The van der Waals surface area contributed by atoms with Gasteiger partial charge in [-0.2, -0.15) is 17.6 Å². The van der Waals surface area contributed by atoms with Gasteiger partial charge in [-0.25, -0.2) is 17.6 Å². The van der Waals surface area contributed by atoms with E-state index in [0.717, 1.165) is 31.4 Å². The molecule has 0 N–H and O–H groups in total. The number of hydrogen-bond acceptors (Lipinski definition) is 3. The van der Waals surface area contributed by atoms with Gasteiger partial charge in [0.05, 0.1) is 18.3 Å². The van der Waals surface area contributed by atoms with E-state index in [2.05, 4.69) is 9.47 Å². The minimum absolute atomic E-state index is 0.241. The number of aryl methyl sites for hydroxylation is 1. The van der Waals surface area contributed by atoms with Crippen LogP contribution in [0.3, 0.4) is 0 Å². The average Bonchev–Trinajstić information content (AvgIpc) is 2.77. The van der Waals surface area contributed by atoms with E-state index in [-0.39, 0.29) is 18.6 Å². The van der Waals surface area contributed by atoms with Gasteiger partial charge in [-0.15, -0.1) is 0 Å². The Bertz CT molecular complexity index is 983. The van der Waals surface area contributed by atoms with Crippen LogP contribution in [-0.4, -0.2) is 24.9 Å². The van der Waals surface area contributed by atoms with Gasteiger partial charge in [0.2, 0.25) is 0 Å². The van der Waals surface area contributed by atoms with E-state index < -0.39 is 72.0 Å². The van der Waals surface area contributed by atoms with Gasteiger partial charge in [0.15, 0.2) is 23.6 Å². The second-order valence-electron chi connectivity index (χ2n) is 8.29. The zero-order chi connectivity index (χ0) is 25.8.